The molecule has 2 amide bonds. The Morgan fingerprint density at radius 1 is 1.08 bits per heavy atom. The average molecular weight is 566 g/mol. The SMILES string of the molecule is CC(C)(C)OC(=O)NC1=N[C@](C)(c2cc(NC(=O)c3ncc(F)cc3F)ccc2F)[C@@H]2CCN=S2(=O)C1(C)C. The van der Waals surface area contributed by atoms with E-state index < -0.39 is 66.0 Å². The van der Waals surface area contributed by atoms with Crippen molar-refractivity contribution in [3.8, 4) is 0 Å². The molecule has 39 heavy (non-hydrogen) atoms. The van der Waals surface area contributed by atoms with Crippen LogP contribution in [0.25, 0.3) is 0 Å². The van der Waals surface area contributed by atoms with Gasteiger partial charge in [-0.2, -0.15) is 0 Å². The Morgan fingerprint density at radius 2 is 1.77 bits per heavy atom. The second-order valence-corrected chi connectivity index (χ2v) is 14.1. The molecule has 2 aliphatic rings. The van der Waals surface area contributed by atoms with Gasteiger partial charge in [-0.15, -0.1) is 0 Å². The van der Waals surface area contributed by atoms with Crippen LogP contribution in [0, 0.1) is 17.5 Å². The van der Waals surface area contributed by atoms with E-state index in [-0.39, 0.29) is 23.6 Å². The fraction of sp³-hybridized carbons (Fsp3) is 0.462. The van der Waals surface area contributed by atoms with E-state index in [0.29, 0.717) is 18.7 Å². The van der Waals surface area contributed by atoms with Crippen molar-refractivity contribution in [3.63, 3.8) is 0 Å². The molecule has 0 saturated heterocycles. The number of alkyl carbamates (subject to hydrolysis) is 1. The van der Waals surface area contributed by atoms with Crippen LogP contribution in [0.15, 0.2) is 39.8 Å². The smallest absolute Gasteiger partial charge is 0.413 e. The van der Waals surface area contributed by atoms with E-state index in [9.17, 15) is 22.6 Å². The monoisotopic (exact) mass is 565 g/mol. The topological polar surface area (TPSA) is 122 Å². The maximum atomic E-state index is 15.4. The number of fused-ring (bicyclic) bond motifs is 1. The van der Waals surface area contributed by atoms with Crippen LogP contribution in [0.2, 0.25) is 0 Å². The van der Waals surface area contributed by atoms with Crippen molar-refractivity contribution >= 4 is 33.3 Å². The number of amides is 2. The third-order valence-electron chi connectivity index (χ3n) is 6.74. The minimum atomic E-state index is -3.10. The molecule has 3 heterocycles. The van der Waals surface area contributed by atoms with Crippen LogP contribution in [-0.4, -0.2) is 49.2 Å². The Hall–Kier alpha value is -3.48. The summed E-state index contributed by atoms with van der Waals surface area (Å²) in [4.78, 5) is 33.5. The van der Waals surface area contributed by atoms with Crippen molar-refractivity contribution in [3.05, 3.63) is 59.2 Å². The van der Waals surface area contributed by atoms with Crippen molar-refractivity contribution in [2.24, 2.45) is 9.36 Å². The molecule has 13 heteroatoms. The van der Waals surface area contributed by atoms with Crippen molar-refractivity contribution in [1.29, 1.82) is 0 Å². The van der Waals surface area contributed by atoms with Gasteiger partial charge in [-0.05, 0) is 66.2 Å². The number of pyridine rings is 1. The summed E-state index contributed by atoms with van der Waals surface area (Å²) < 4.78 is 65.7. The van der Waals surface area contributed by atoms with Gasteiger partial charge in [0.15, 0.2) is 11.5 Å². The zero-order valence-corrected chi connectivity index (χ0v) is 23.2. The van der Waals surface area contributed by atoms with Crippen LogP contribution in [-0.2, 0) is 20.0 Å². The number of carbonyl (C=O) groups is 2. The second kappa shape index (κ2) is 9.61. The molecule has 1 unspecified atom stereocenters. The summed E-state index contributed by atoms with van der Waals surface area (Å²) >= 11 is 0. The number of benzene rings is 1. The van der Waals surface area contributed by atoms with Crippen molar-refractivity contribution in [2.45, 2.75) is 69.1 Å². The summed E-state index contributed by atoms with van der Waals surface area (Å²) in [6.07, 6.45) is 0.238. The van der Waals surface area contributed by atoms with Crippen molar-refractivity contribution < 1.29 is 31.7 Å². The molecule has 0 aliphatic carbocycles. The van der Waals surface area contributed by atoms with Crippen LogP contribution in [0.1, 0.15) is 64.0 Å². The lowest BCUT2D eigenvalue weighted by molar-refractivity contribution is 0.0560. The fourth-order valence-electron chi connectivity index (χ4n) is 4.82. The standard InChI is InChI=1S/C26H30F3N5O4S/c1-24(2,3)38-23(36)33-22-25(4,5)39(37)19(9-10-31-39)26(6,34-22)16-12-15(7-8-17(16)28)32-21(35)20-18(29)11-14(27)13-30-20/h7-8,11-13,19H,9-10H2,1-6H3,(H,32,35)(H,33,34,36)/t19-,26+,39?/m0/s1. The van der Waals surface area contributed by atoms with E-state index in [0.717, 1.165) is 6.07 Å². The Labute approximate surface area is 224 Å². The molecular weight excluding hydrogens is 535 g/mol. The number of nitrogens with one attached hydrogen (secondary N) is 2. The molecule has 0 saturated carbocycles. The van der Waals surface area contributed by atoms with Gasteiger partial charge in [-0.3, -0.25) is 15.1 Å². The van der Waals surface area contributed by atoms with Crippen LogP contribution < -0.4 is 10.6 Å². The first-order chi connectivity index (χ1) is 18.0. The van der Waals surface area contributed by atoms with Gasteiger partial charge in [0.25, 0.3) is 5.91 Å². The number of carbonyl (C=O) groups excluding carboxylic acids is 2. The number of aliphatic imine (C=N–C) groups is 1. The highest BCUT2D eigenvalue weighted by Crippen LogP contribution is 2.48. The Morgan fingerprint density at radius 3 is 2.41 bits per heavy atom. The molecule has 1 aromatic heterocycles. The molecule has 0 bridgehead atoms. The highest BCUT2D eigenvalue weighted by Gasteiger charge is 2.57. The molecule has 0 spiro atoms. The Balaban J connectivity index is 1.78. The lowest BCUT2D eigenvalue weighted by Gasteiger charge is -2.45. The zero-order chi connectivity index (χ0) is 29.0. The van der Waals surface area contributed by atoms with Gasteiger partial charge >= 0.3 is 6.09 Å². The van der Waals surface area contributed by atoms with E-state index >= 15 is 4.39 Å². The number of amidine groups is 1. The average Bonchev–Trinajstić information content (AvgIpc) is 3.22. The number of hydrogen-bond donors (Lipinski definition) is 2. The van der Waals surface area contributed by atoms with Crippen LogP contribution >= 0.6 is 0 Å². The first kappa shape index (κ1) is 28.5. The minimum Gasteiger partial charge on any atom is -0.444 e. The van der Waals surface area contributed by atoms with Gasteiger partial charge in [0.1, 0.15) is 33.4 Å². The Kier molecular flexibility index (Phi) is 7.03. The molecule has 9 nitrogen and oxygen atoms in total. The first-order valence-corrected chi connectivity index (χ1v) is 13.8. The lowest BCUT2D eigenvalue weighted by atomic mass is 9.85. The third kappa shape index (κ3) is 5.11. The number of ether oxygens (including phenoxy) is 1. The summed E-state index contributed by atoms with van der Waals surface area (Å²) in [7, 11) is -3.10. The van der Waals surface area contributed by atoms with E-state index in [2.05, 4.69) is 20.0 Å². The van der Waals surface area contributed by atoms with Crippen LogP contribution in [0.4, 0.5) is 23.7 Å². The summed E-state index contributed by atoms with van der Waals surface area (Å²) in [5.74, 6) is -3.75. The largest absolute Gasteiger partial charge is 0.444 e. The normalized spacial score (nSPS) is 25.7. The van der Waals surface area contributed by atoms with E-state index in [1.54, 1.807) is 41.5 Å². The van der Waals surface area contributed by atoms with Crippen LogP contribution in [0.5, 0.6) is 0 Å². The minimum absolute atomic E-state index is 0.0124. The molecule has 2 aromatic rings. The second-order valence-electron chi connectivity index (χ2n) is 11.1. The third-order valence-corrected chi connectivity index (χ3v) is 10.4. The number of aromatic nitrogens is 1. The molecule has 3 atom stereocenters. The number of rotatable bonds is 3. The maximum Gasteiger partial charge on any atom is 0.413 e. The van der Waals surface area contributed by atoms with Gasteiger partial charge in [-0.25, -0.2) is 31.5 Å². The number of anilines is 1. The summed E-state index contributed by atoms with van der Waals surface area (Å²) in [5, 5.41) is 4.32. The maximum absolute atomic E-state index is 15.4. The molecule has 0 radical (unpaired) electrons. The molecule has 0 fully saturated rings. The predicted octanol–water partition coefficient (Wildman–Crippen LogP) is 4.92. The summed E-state index contributed by atoms with van der Waals surface area (Å²) in [6.45, 7) is 10.2. The highest BCUT2D eigenvalue weighted by molar-refractivity contribution is 7.96. The van der Waals surface area contributed by atoms with Crippen molar-refractivity contribution in [2.75, 3.05) is 11.9 Å². The van der Waals surface area contributed by atoms with Crippen molar-refractivity contribution in [1.82, 2.24) is 10.3 Å². The van der Waals surface area contributed by atoms with Gasteiger partial charge in [-0.1, -0.05) is 0 Å². The fourth-order valence-corrected chi connectivity index (χ4v) is 8.01. The van der Waals surface area contributed by atoms with Crippen LogP contribution in [0.3, 0.4) is 0 Å². The summed E-state index contributed by atoms with van der Waals surface area (Å²) in [5.41, 5.74) is -2.87. The molecule has 2 aliphatic heterocycles. The van der Waals surface area contributed by atoms with E-state index in [1.165, 1.54) is 12.1 Å². The quantitative estimate of drug-likeness (QED) is 0.547. The zero-order valence-electron chi connectivity index (χ0n) is 22.4. The van der Waals surface area contributed by atoms with Gasteiger partial charge in [0, 0.05) is 23.9 Å². The number of halogens is 3. The predicted molar refractivity (Wildman–Crippen MR) is 141 cm³/mol. The molecule has 2 N–H and O–H groups in total. The first-order valence-electron chi connectivity index (χ1n) is 12.2. The van der Waals surface area contributed by atoms with E-state index in [4.69, 9.17) is 9.73 Å². The molecule has 210 valence electrons. The summed E-state index contributed by atoms with van der Waals surface area (Å²) in [6, 6.07) is 4.18. The Bertz CT molecular complexity index is 1510. The lowest BCUT2D eigenvalue weighted by Crippen LogP contribution is -2.60. The molecular formula is C26H30F3N5O4S. The van der Waals surface area contributed by atoms with Gasteiger partial charge in [0.2, 0.25) is 0 Å². The highest BCUT2D eigenvalue weighted by atomic mass is 32.2. The van der Waals surface area contributed by atoms with Gasteiger partial charge < -0.3 is 10.1 Å². The molecule has 1 aromatic carbocycles. The van der Waals surface area contributed by atoms with E-state index in [1.807, 2.05) is 0 Å². The number of hydrogen-bond acceptors (Lipinski definition) is 7. The number of nitrogens with zero attached hydrogens (tertiary/aromatic N) is 3. The van der Waals surface area contributed by atoms with Gasteiger partial charge in [0.05, 0.1) is 21.2 Å². The molecule has 4 rings (SSSR count).